The molecule has 22 heavy (non-hydrogen) atoms. The Morgan fingerprint density at radius 2 is 1.77 bits per heavy atom. The third-order valence-electron chi connectivity index (χ3n) is 4.76. The highest BCUT2D eigenvalue weighted by atomic mass is 35.5. The van der Waals surface area contributed by atoms with Gasteiger partial charge in [0.2, 0.25) is 0 Å². The van der Waals surface area contributed by atoms with Gasteiger partial charge in [0.05, 0.1) is 5.38 Å². The minimum Gasteiger partial charge on any atom is -0.366 e. The molecule has 0 amide bonds. The standard InChI is InChI=1S/C20H24ClN/c1-13-9-14(2)20(15(3)10-13)18(21)12-22-16(4)11-17-7-5-6-8-19(17)22/h5-10,16,18H,11-12H2,1-4H3. The number of fused-ring (bicyclic) bond motifs is 1. The number of benzene rings is 2. The Morgan fingerprint density at radius 3 is 2.45 bits per heavy atom. The Kier molecular flexibility index (Phi) is 4.18. The molecule has 0 bridgehead atoms. The van der Waals surface area contributed by atoms with Crippen molar-refractivity contribution in [2.45, 2.75) is 45.5 Å². The minimum absolute atomic E-state index is 0.0224. The third kappa shape index (κ3) is 2.75. The predicted molar refractivity (Wildman–Crippen MR) is 96.2 cm³/mol. The van der Waals surface area contributed by atoms with E-state index in [1.54, 1.807) is 0 Å². The van der Waals surface area contributed by atoms with Crippen molar-refractivity contribution in [2.75, 3.05) is 11.4 Å². The van der Waals surface area contributed by atoms with Crippen LogP contribution in [0.2, 0.25) is 0 Å². The average Bonchev–Trinajstić information content (AvgIpc) is 2.74. The molecule has 2 aromatic carbocycles. The molecule has 2 heteroatoms. The lowest BCUT2D eigenvalue weighted by atomic mass is 9.96. The second kappa shape index (κ2) is 5.96. The van der Waals surface area contributed by atoms with Gasteiger partial charge in [-0.05, 0) is 62.4 Å². The van der Waals surface area contributed by atoms with E-state index in [2.05, 4.69) is 69.0 Å². The SMILES string of the molecule is Cc1cc(C)c(C(Cl)CN2c3ccccc3CC2C)c(C)c1. The smallest absolute Gasteiger partial charge is 0.0765 e. The molecule has 0 fully saturated rings. The molecule has 0 saturated carbocycles. The molecule has 1 nitrogen and oxygen atoms in total. The average molecular weight is 314 g/mol. The normalized spacial score (nSPS) is 18.4. The molecule has 2 aromatic rings. The van der Waals surface area contributed by atoms with E-state index in [-0.39, 0.29) is 5.38 Å². The summed E-state index contributed by atoms with van der Waals surface area (Å²) in [6, 6.07) is 13.7. The molecule has 0 N–H and O–H groups in total. The van der Waals surface area contributed by atoms with Crippen molar-refractivity contribution < 1.29 is 0 Å². The van der Waals surface area contributed by atoms with E-state index >= 15 is 0 Å². The molecule has 2 unspecified atom stereocenters. The van der Waals surface area contributed by atoms with Gasteiger partial charge in [-0.2, -0.15) is 0 Å². The quantitative estimate of drug-likeness (QED) is 0.691. The number of alkyl halides is 1. The van der Waals surface area contributed by atoms with Crippen molar-refractivity contribution in [3.8, 4) is 0 Å². The molecule has 1 heterocycles. The van der Waals surface area contributed by atoms with E-state index in [0.717, 1.165) is 13.0 Å². The Hall–Kier alpha value is -1.47. The van der Waals surface area contributed by atoms with E-state index in [1.165, 1.54) is 33.5 Å². The van der Waals surface area contributed by atoms with Crippen molar-refractivity contribution in [1.29, 1.82) is 0 Å². The number of nitrogens with zero attached hydrogens (tertiary/aromatic N) is 1. The van der Waals surface area contributed by atoms with Gasteiger partial charge in [-0.25, -0.2) is 0 Å². The molecule has 0 aliphatic carbocycles. The molecule has 1 aliphatic heterocycles. The number of rotatable bonds is 3. The highest BCUT2D eigenvalue weighted by Gasteiger charge is 2.28. The molecule has 1 aliphatic rings. The van der Waals surface area contributed by atoms with Crippen LogP contribution in [-0.4, -0.2) is 12.6 Å². The first-order valence-corrected chi connectivity index (χ1v) is 8.47. The number of aryl methyl sites for hydroxylation is 3. The first-order valence-electron chi connectivity index (χ1n) is 8.03. The van der Waals surface area contributed by atoms with Gasteiger partial charge in [0.25, 0.3) is 0 Å². The van der Waals surface area contributed by atoms with Crippen molar-refractivity contribution in [3.05, 3.63) is 64.2 Å². The van der Waals surface area contributed by atoms with Crippen molar-refractivity contribution in [1.82, 2.24) is 0 Å². The summed E-state index contributed by atoms with van der Waals surface area (Å²) in [5.41, 5.74) is 8.00. The number of halogens is 1. The minimum atomic E-state index is 0.0224. The lowest BCUT2D eigenvalue weighted by Gasteiger charge is -2.28. The maximum atomic E-state index is 6.84. The van der Waals surface area contributed by atoms with Gasteiger partial charge in [0.15, 0.2) is 0 Å². The van der Waals surface area contributed by atoms with Gasteiger partial charge in [-0.1, -0.05) is 35.9 Å². The number of anilines is 1. The lowest BCUT2D eigenvalue weighted by molar-refractivity contribution is 0.660. The molecular weight excluding hydrogens is 290 g/mol. The van der Waals surface area contributed by atoms with E-state index in [4.69, 9.17) is 11.6 Å². The van der Waals surface area contributed by atoms with Crippen LogP contribution in [0.1, 0.15) is 40.1 Å². The summed E-state index contributed by atoms with van der Waals surface area (Å²) in [7, 11) is 0. The molecule has 3 rings (SSSR count). The fourth-order valence-electron chi connectivity index (χ4n) is 3.86. The zero-order valence-corrected chi connectivity index (χ0v) is 14.6. The zero-order valence-electron chi connectivity index (χ0n) is 13.9. The highest BCUT2D eigenvalue weighted by molar-refractivity contribution is 6.21. The van der Waals surface area contributed by atoms with E-state index in [0.29, 0.717) is 6.04 Å². The van der Waals surface area contributed by atoms with Crippen LogP contribution in [0, 0.1) is 20.8 Å². The van der Waals surface area contributed by atoms with Crippen LogP contribution >= 0.6 is 11.6 Å². The summed E-state index contributed by atoms with van der Waals surface area (Å²) in [6.07, 6.45) is 1.12. The second-order valence-electron chi connectivity index (χ2n) is 6.61. The second-order valence-corrected chi connectivity index (χ2v) is 7.14. The van der Waals surface area contributed by atoms with Crippen LogP contribution in [-0.2, 0) is 6.42 Å². The maximum absolute atomic E-state index is 6.84. The van der Waals surface area contributed by atoms with Crippen LogP contribution in [0.25, 0.3) is 0 Å². The summed E-state index contributed by atoms with van der Waals surface area (Å²) in [6.45, 7) is 9.65. The van der Waals surface area contributed by atoms with Crippen LogP contribution in [0.15, 0.2) is 36.4 Å². The first-order chi connectivity index (χ1) is 10.5. The molecule has 0 radical (unpaired) electrons. The Bertz CT molecular complexity index is 669. The topological polar surface area (TPSA) is 3.24 Å². The van der Waals surface area contributed by atoms with Gasteiger partial charge in [0, 0.05) is 18.3 Å². The van der Waals surface area contributed by atoms with Crippen LogP contribution < -0.4 is 4.90 Å². The molecule has 0 saturated heterocycles. The maximum Gasteiger partial charge on any atom is 0.0765 e. The number of hydrogen-bond donors (Lipinski definition) is 0. The molecule has 116 valence electrons. The third-order valence-corrected chi connectivity index (χ3v) is 5.11. The summed E-state index contributed by atoms with van der Waals surface area (Å²) >= 11 is 6.84. The van der Waals surface area contributed by atoms with Crippen LogP contribution in [0.3, 0.4) is 0 Å². The van der Waals surface area contributed by atoms with Crippen LogP contribution in [0.4, 0.5) is 5.69 Å². The van der Waals surface area contributed by atoms with Gasteiger partial charge < -0.3 is 4.90 Å². The lowest BCUT2D eigenvalue weighted by Crippen LogP contribution is -2.32. The van der Waals surface area contributed by atoms with Crippen molar-refractivity contribution in [3.63, 3.8) is 0 Å². The fourth-order valence-corrected chi connectivity index (χ4v) is 4.35. The number of para-hydroxylation sites is 1. The zero-order chi connectivity index (χ0) is 15.9. The van der Waals surface area contributed by atoms with Crippen LogP contribution in [0.5, 0.6) is 0 Å². The Labute approximate surface area is 138 Å². The van der Waals surface area contributed by atoms with Gasteiger partial charge in [-0.3, -0.25) is 0 Å². The van der Waals surface area contributed by atoms with Gasteiger partial charge in [0.1, 0.15) is 0 Å². The molecular formula is C20H24ClN. The van der Waals surface area contributed by atoms with Gasteiger partial charge in [-0.15, -0.1) is 11.6 Å². The summed E-state index contributed by atoms with van der Waals surface area (Å²) in [5, 5.41) is 0.0224. The van der Waals surface area contributed by atoms with Crippen molar-refractivity contribution >= 4 is 17.3 Å². The van der Waals surface area contributed by atoms with Gasteiger partial charge >= 0.3 is 0 Å². The Morgan fingerprint density at radius 1 is 1.14 bits per heavy atom. The molecule has 0 spiro atoms. The Balaban J connectivity index is 1.88. The van der Waals surface area contributed by atoms with E-state index in [9.17, 15) is 0 Å². The summed E-state index contributed by atoms with van der Waals surface area (Å²) in [4.78, 5) is 2.46. The predicted octanol–water partition coefficient (Wildman–Crippen LogP) is 5.34. The first kappa shape index (κ1) is 15.4. The van der Waals surface area contributed by atoms with E-state index in [1.807, 2.05) is 0 Å². The number of hydrogen-bond acceptors (Lipinski definition) is 1. The highest BCUT2D eigenvalue weighted by Crippen LogP contribution is 2.36. The summed E-state index contributed by atoms with van der Waals surface area (Å²) < 4.78 is 0. The fraction of sp³-hybridized carbons (Fsp3) is 0.400. The largest absolute Gasteiger partial charge is 0.366 e. The molecule has 0 aromatic heterocycles. The molecule has 2 atom stereocenters. The summed E-state index contributed by atoms with van der Waals surface area (Å²) in [5.74, 6) is 0. The monoisotopic (exact) mass is 313 g/mol. The van der Waals surface area contributed by atoms with E-state index < -0.39 is 0 Å². The van der Waals surface area contributed by atoms with Crippen molar-refractivity contribution in [2.24, 2.45) is 0 Å².